The number of anilines is 2. The maximum absolute atomic E-state index is 12.0. The van der Waals surface area contributed by atoms with Gasteiger partial charge in [-0.1, -0.05) is 19.1 Å². The number of carbonyl (C=O) groups excluding carboxylic acids is 2. The molecule has 3 rings (SSSR count). The van der Waals surface area contributed by atoms with Crippen LogP contribution in [-0.2, 0) is 14.3 Å². The number of ether oxygens (including phenoxy) is 1. The minimum atomic E-state index is -0.761. The summed E-state index contributed by atoms with van der Waals surface area (Å²) in [6.07, 6.45) is 4.70. The molecule has 0 saturated carbocycles. The molecule has 1 heterocycles. The zero-order valence-electron chi connectivity index (χ0n) is 17.3. The molecule has 1 aliphatic rings. The molecule has 1 aliphatic heterocycles. The number of hydrogen-bond acceptors (Lipinski definition) is 6. The van der Waals surface area contributed by atoms with Gasteiger partial charge in [0.2, 0.25) is 0 Å². The summed E-state index contributed by atoms with van der Waals surface area (Å²) in [5, 5.41) is 13.7. The van der Waals surface area contributed by atoms with E-state index in [9.17, 15) is 19.7 Å². The molecule has 8 heteroatoms. The number of nitrogens with one attached hydrogen (secondary N) is 1. The molecule has 0 spiro atoms. The monoisotopic (exact) mass is 423 g/mol. The van der Waals surface area contributed by atoms with Crippen LogP contribution in [0.15, 0.2) is 54.6 Å². The maximum atomic E-state index is 12.0. The van der Waals surface area contributed by atoms with E-state index in [-0.39, 0.29) is 11.3 Å². The van der Waals surface area contributed by atoms with Crippen molar-refractivity contribution in [3.05, 3.63) is 70.3 Å². The van der Waals surface area contributed by atoms with Crippen molar-refractivity contribution in [3.63, 3.8) is 0 Å². The number of rotatable bonds is 7. The first-order valence-electron chi connectivity index (χ1n) is 10.2. The van der Waals surface area contributed by atoms with Crippen molar-refractivity contribution in [2.75, 3.05) is 29.9 Å². The van der Waals surface area contributed by atoms with Gasteiger partial charge in [0.25, 0.3) is 11.6 Å². The Labute approximate surface area is 180 Å². The van der Waals surface area contributed by atoms with Crippen molar-refractivity contribution in [2.45, 2.75) is 19.8 Å². The molecule has 8 nitrogen and oxygen atoms in total. The molecule has 0 atom stereocenters. The number of nitrogens with zero attached hydrogens (tertiary/aromatic N) is 2. The lowest BCUT2D eigenvalue weighted by Crippen LogP contribution is -2.32. The highest BCUT2D eigenvalue weighted by molar-refractivity contribution is 5.95. The number of nitro groups is 1. The van der Waals surface area contributed by atoms with E-state index in [1.165, 1.54) is 37.1 Å². The zero-order chi connectivity index (χ0) is 22.2. The van der Waals surface area contributed by atoms with Crippen molar-refractivity contribution < 1.29 is 19.2 Å². The van der Waals surface area contributed by atoms with Crippen LogP contribution in [-0.4, -0.2) is 36.5 Å². The molecule has 1 amide bonds. The topological polar surface area (TPSA) is 102 Å². The first kappa shape index (κ1) is 22.0. The van der Waals surface area contributed by atoms with Crippen LogP contribution in [0.5, 0.6) is 0 Å². The number of benzene rings is 2. The molecule has 0 aliphatic carbocycles. The number of piperidine rings is 1. The zero-order valence-corrected chi connectivity index (χ0v) is 17.3. The summed E-state index contributed by atoms with van der Waals surface area (Å²) in [4.78, 5) is 36.7. The molecule has 1 N–H and O–H groups in total. The lowest BCUT2D eigenvalue weighted by Gasteiger charge is -2.32. The van der Waals surface area contributed by atoms with Crippen LogP contribution in [0.4, 0.5) is 17.1 Å². The van der Waals surface area contributed by atoms with E-state index in [1.807, 2.05) is 24.3 Å². The fraction of sp³-hybridized carbons (Fsp3) is 0.304. The molecule has 0 bridgehead atoms. The van der Waals surface area contributed by atoms with Crippen molar-refractivity contribution in [1.82, 2.24) is 0 Å². The molecular formula is C23H25N3O5. The molecule has 0 unspecified atom stereocenters. The lowest BCUT2D eigenvalue weighted by molar-refractivity contribution is -0.385. The molecule has 1 fully saturated rings. The molecule has 0 aromatic heterocycles. The Morgan fingerprint density at radius 2 is 1.84 bits per heavy atom. The van der Waals surface area contributed by atoms with Gasteiger partial charge in [0.1, 0.15) is 0 Å². The summed E-state index contributed by atoms with van der Waals surface area (Å²) >= 11 is 0. The first-order valence-corrected chi connectivity index (χ1v) is 10.2. The second-order valence-corrected chi connectivity index (χ2v) is 7.52. The van der Waals surface area contributed by atoms with Gasteiger partial charge in [0.05, 0.1) is 10.5 Å². The number of para-hydroxylation sites is 1. The third-order valence-corrected chi connectivity index (χ3v) is 5.18. The van der Waals surface area contributed by atoms with E-state index < -0.39 is 23.4 Å². The Bertz CT molecular complexity index is 963. The van der Waals surface area contributed by atoms with Crippen molar-refractivity contribution in [1.29, 1.82) is 0 Å². The normalized spacial score (nSPS) is 14.4. The Hall–Kier alpha value is -3.68. The third kappa shape index (κ3) is 6.40. The van der Waals surface area contributed by atoms with Gasteiger partial charge < -0.3 is 15.0 Å². The third-order valence-electron chi connectivity index (χ3n) is 5.18. The number of amides is 1. The van der Waals surface area contributed by atoms with Crippen molar-refractivity contribution in [2.24, 2.45) is 5.92 Å². The molecule has 31 heavy (non-hydrogen) atoms. The molecular weight excluding hydrogens is 398 g/mol. The molecule has 0 radical (unpaired) electrons. The minimum Gasteiger partial charge on any atom is -0.452 e. The standard InChI is InChI=1S/C23H25N3O5/c1-17-12-14-25(15-13-17)20-9-7-19(8-10-20)24-22(27)16-31-23(28)11-6-18-4-2-3-5-21(18)26(29)30/h2-11,17H,12-16H2,1H3,(H,24,27)/b11-6+. The highest BCUT2D eigenvalue weighted by Gasteiger charge is 2.16. The minimum absolute atomic E-state index is 0.119. The second kappa shape index (κ2) is 10.4. The summed E-state index contributed by atoms with van der Waals surface area (Å²) in [7, 11) is 0. The average Bonchev–Trinajstić information content (AvgIpc) is 2.77. The molecule has 2 aromatic rings. The predicted octanol–water partition coefficient (Wildman–Crippen LogP) is 4.03. The van der Waals surface area contributed by atoms with E-state index >= 15 is 0 Å². The SMILES string of the molecule is CC1CCN(c2ccc(NC(=O)COC(=O)/C=C/c3ccccc3[N+](=O)[O-])cc2)CC1. The second-order valence-electron chi connectivity index (χ2n) is 7.52. The van der Waals surface area contributed by atoms with E-state index in [0.717, 1.165) is 30.8 Å². The summed E-state index contributed by atoms with van der Waals surface area (Å²) < 4.78 is 4.91. The highest BCUT2D eigenvalue weighted by atomic mass is 16.6. The maximum Gasteiger partial charge on any atom is 0.331 e. The summed E-state index contributed by atoms with van der Waals surface area (Å²) in [5.74, 6) is -0.467. The van der Waals surface area contributed by atoms with Crippen LogP contribution in [0, 0.1) is 16.0 Å². The van der Waals surface area contributed by atoms with Crippen LogP contribution in [0.3, 0.4) is 0 Å². The Morgan fingerprint density at radius 3 is 2.52 bits per heavy atom. The summed E-state index contributed by atoms with van der Waals surface area (Å²) in [6.45, 7) is 3.88. The summed E-state index contributed by atoms with van der Waals surface area (Å²) in [5.41, 5.74) is 1.89. The van der Waals surface area contributed by atoms with Crippen molar-refractivity contribution >= 4 is 35.0 Å². The van der Waals surface area contributed by atoms with E-state index in [1.54, 1.807) is 6.07 Å². The quantitative estimate of drug-likeness (QED) is 0.312. The number of carbonyl (C=O) groups is 2. The largest absolute Gasteiger partial charge is 0.452 e. The molecule has 1 saturated heterocycles. The van der Waals surface area contributed by atoms with E-state index in [2.05, 4.69) is 17.1 Å². The van der Waals surface area contributed by atoms with Crippen LogP contribution < -0.4 is 10.2 Å². The van der Waals surface area contributed by atoms with Gasteiger partial charge in [-0.2, -0.15) is 0 Å². The Balaban J connectivity index is 1.46. The van der Waals surface area contributed by atoms with Crippen LogP contribution >= 0.6 is 0 Å². The fourth-order valence-corrected chi connectivity index (χ4v) is 3.36. The van der Waals surface area contributed by atoms with Gasteiger partial charge in [-0.05, 0) is 55.2 Å². The smallest absolute Gasteiger partial charge is 0.331 e. The number of nitro benzene ring substituents is 1. The van der Waals surface area contributed by atoms with Gasteiger partial charge in [0.15, 0.2) is 6.61 Å². The Morgan fingerprint density at radius 1 is 1.16 bits per heavy atom. The van der Waals surface area contributed by atoms with E-state index in [0.29, 0.717) is 5.69 Å². The van der Waals surface area contributed by atoms with Gasteiger partial charge >= 0.3 is 5.97 Å². The lowest BCUT2D eigenvalue weighted by atomic mass is 9.99. The highest BCUT2D eigenvalue weighted by Crippen LogP contribution is 2.24. The molecule has 2 aromatic carbocycles. The first-order chi connectivity index (χ1) is 14.9. The predicted molar refractivity (Wildman–Crippen MR) is 119 cm³/mol. The van der Waals surface area contributed by atoms with Gasteiger partial charge in [-0.15, -0.1) is 0 Å². The van der Waals surface area contributed by atoms with Gasteiger partial charge in [-0.3, -0.25) is 14.9 Å². The van der Waals surface area contributed by atoms with Crippen LogP contribution in [0.1, 0.15) is 25.3 Å². The Kier molecular flexibility index (Phi) is 7.37. The van der Waals surface area contributed by atoms with Crippen LogP contribution in [0.2, 0.25) is 0 Å². The number of esters is 1. The van der Waals surface area contributed by atoms with Gasteiger partial charge in [0, 0.05) is 36.6 Å². The summed E-state index contributed by atoms with van der Waals surface area (Å²) in [6, 6.07) is 13.6. The van der Waals surface area contributed by atoms with E-state index in [4.69, 9.17) is 4.74 Å². The average molecular weight is 423 g/mol. The van der Waals surface area contributed by atoms with Gasteiger partial charge in [-0.25, -0.2) is 4.79 Å². The number of hydrogen-bond donors (Lipinski definition) is 1. The van der Waals surface area contributed by atoms with Crippen LogP contribution in [0.25, 0.3) is 6.08 Å². The molecule has 162 valence electrons. The van der Waals surface area contributed by atoms with Crippen molar-refractivity contribution in [3.8, 4) is 0 Å². The fourth-order valence-electron chi connectivity index (χ4n) is 3.36.